The second-order valence-electron chi connectivity index (χ2n) is 4.17. The lowest BCUT2D eigenvalue weighted by Gasteiger charge is -2.01. The van der Waals surface area contributed by atoms with Crippen LogP contribution in [0.1, 0.15) is 31.1 Å². The molecule has 2 atom stereocenters. The molecule has 2 rings (SSSR count). The SMILES string of the molecule is CCCC1CC1NCCc1cccs1. The van der Waals surface area contributed by atoms with Crippen molar-refractivity contribution in [3.63, 3.8) is 0 Å². The third-order valence-electron chi connectivity index (χ3n) is 2.94. The van der Waals surface area contributed by atoms with E-state index in [0.717, 1.165) is 18.5 Å². The first-order valence-electron chi connectivity index (χ1n) is 5.66. The molecule has 0 spiro atoms. The van der Waals surface area contributed by atoms with Crippen LogP contribution < -0.4 is 5.32 Å². The van der Waals surface area contributed by atoms with Crippen LogP contribution in [0, 0.1) is 5.92 Å². The van der Waals surface area contributed by atoms with E-state index in [1.165, 1.54) is 30.6 Å². The van der Waals surface area contributed by atoms with Crippen molar-refractivity contribution in [1.29, 1.82) is 0 Å². The van der Waals surface area contributed by atoms with Crippen molar-refractivity contribution in [2.75, 3.05) is 6.54 Å². The Morgan fingerprint density at radius 3 is 3.21 bits per heavy atom. The normalized spacial score (nSPS) is 25.2. The third-order valence-corrected chi connectivity index (χ3v) is 3.88. The fourth-order valence-electron chi connectivity index (χ4n) is 2.02. The summed E-state index contributed by atoms with van der Waals surface area (Å²) in [7, 11) is 0. The van der Waals surface area contributed by atoms with E-state index in [9.17, 15) is 0 Å². The van der Waals surface area contributed by atoms with Gasteiger partial charge in [0.05, 0.1) is 0 Å². The Bertz CT molecular complexity index is 255. The van der Waals surface area contributed by atoms with Crippen molar-refractivity contribution < 1.29 is 0 Å². The zero-order chi connectivity index (χ0) is 9.80. The summed E-state index contributed by atoms with van der Waals surface area (Å²) in [5.74, 6) is 0.989. The molecule has 1 heterocycles. The molecule has 1 aromatic heterocycles. The van der Waals surface area contributed by atoms with Crippen LogP contribution in [0.15, 0.2) is 17.5 Å². The molecule has 1 saturated carbocycles. The maximum absolute atomic E-state index is 3.64. The molecule has 0 aromatic carbocycles. The zero-order valence-electron chi connectivity index (χ0n) is 8.83. The zero-order valence-corrected chi connectivity index (χ0v) is 9.65. The van der Waals surface area contributed by atoms with Crippen LogP contribution in [0.4, 0.5) is 0 Å². The van der Waals surface area contributed by atoms with Gasteiger partial charge in [-0.1, -0.05) is 19.4 Å². The van der Waals surface area contributed by atoms with Gasteiger partial charge in [0, 0.05) is 17.5 Å². The average Bonchev–Trinajstić information content (AvgIpc) is 2.73. The molecule has 1 aliphatic rings. The number of hydrogen-bond donors (Lipinski definition) is 1. The fraction of sp³-hybridized carbons (Fsp3) is 0.667. The largest absolute Gasteiger partial charge is 0.313 e. The lowest BCUT2D eigenvalue weighted by molar-refractivity contribution is 0.601. The summed E-state index contributed by atoms with van der Waals surface area (Å²) in [5.41, 5.74) is 0. The minimum absolute atomic E-state index is 0.843. The Morgan fingerprint density at radius 1 is 1.57 bits per heavy atom. The fourth-order valence-corrected chi connectivity index (χ4v) is 2.73. The van der Waals surface area contributed by atoms with Crippen molar-refractivity contribution in [3.8, 4) is 0 Å². The van der Waals surface area contributed by atoms with E-state index >= 15 is 0 Å². The predicted molar refractivity (Wildman–Crippen MR) is 62.8 cm³/mol. The maximum atomic E-state index is 3.64. The molecule has 0 bridgehead atoms. The highest BCUT2D eigenvalue weighted by atomic mass is 32.1. The van der Waals surface area contributed by atoms with E-state index in [1.807, 2.05) is 11.3 Å². The minimum atomic E-state index is 0.843. The standard InChI is InChI=1S/C12H19NS/c1-2-4-10-9-12(10)13-7-6-11-5-3-8-14-11/h3,5,8,10,12-13H,2,4,6-7,9H2,1H3. The molecule has 14 heavy (non-hydrogen) atoms. The molecule has 1 aromatic rings. The van der Waals surface area contributed by atoms with Crippen LogP contribution in [-0.2, 0) is 6.42 Å². The summed E-state index contributed by atoms with van der Waals surface area (Å²) < 4.78 is 0. The topological polar surface area (TPSA) is 12.0 Å². The summed E-state index contributed by atoms with van der Waals surface area (Å²) in [6.07, 6.45) is 5.37. The number of thiophene rings is 1. The Hall–Kier alpha value is -0.340. The van der Waals surface area contributed by atoms with Crippen LogP contribution in [0.5, 0.6) is 0 Å². The van der Waals surface area contributed by atoms with Gasteiger partial charge in [-0.05, 0) is 36.6 Å². The van der Waals surface area contributed by atoms with E-state index < -0.39 is 0 Å². The van der Waals surface area contributed by atoms with Crippen molar-refractivity contribution in [3.05, 3.63) is 22.4 Å². The lowest BCUT2D eigenvalue weighted by atomic mass is 10.2. The average molecular weight is 209 g/mol. The van der Waals surface area contributed by atoms with Gasteiger partial charge in [-0.15, -0.1) is 11.3 Å². The molecular formula is C12H19NS. The summed E-state index contributed by atoms with van der Waals surface area (Å²) in [6.45, 7) is 3.44. The Labute approximate surface area is 90.5 Å². The van der Waals surface area contributed by atoms with Gasteiger partial charge in [0.1, 0.15) is 0 Å². The van der Waals surface area contributed by atoms with Crippen LogP contribution in [0.3, 0.4) is 0 Å². The molecule has 78 valence electrons. The van der Waals surface area contributed by atoms with E-state index in [-0.39, 0.29) is 0 Å². The van der Waals surface area contributed by atoms with Gasteiger partial charge in [-0.25, -0.2) is 0 Å². The van der Waals surface area contributed by atoms with Crippen molar-refractivity contribution >= 4 is 11.3 Å². The molecule has 1 nitrogen and oxygen atoms in total. The van der Waals surface area contributed by atoms with Crippen LogP contribution in [0.2, 0.25) is 0 Å². The summed E-state index contributed by atoms with van der Waals surface area (Å²) in [6, 6.07) is 5.20. The number of hydrogen-bond acceptors (Lipinski definition) is 2. The molecule has 2 unspecified atom stereocenters. The number of rotatable bonds is 6. The van der Waals surface area contributed by atoms with Crippen LogP contribution in [0.25, 0.3) is 0 Å². The Morgan fingerprint density at radius 2 is 2.50 bits per heavy atom. The predicted octanol–water partition coefficient (Wildman–Crippen LogP) is 3.07. The second-order valence-corrected chi connectivity index (χ2v) is 5.21. The van der Waals surface area contributed by atoms with Gasteiger partial charge in [-0.2, -0.15) is 0 Å². The van der Waals surface area contributed by atoms with E-state index in [4.69, 9.17) is 0 Å². The third kappa shape index (κ3) is 2.82. The highest BCUT2D eigenvalue weighted by molar-refractivity contribution is 7.09. The first kappa shape index (κ1) is 10.2. The van der Waals surface area contributed by atoms with E-state index in [2.05, 4.69) is 29.8 Å². The van der Waals surface area contributed by atoms with Gasteiger partial charge in [0.25, 0.3) is 0 Å². The first-order chi connectivity index (χ1) is 6.90. The molecule has 2 heteroatoms. The quantitative estimate of drug-likeness (QED) is 0.759. The Kier molecular flexibility index (Phi) is 3.60. The summed E-state index contributed by atoms with van der Waals surface area (Å²) >= 11 is 1.87. The van der Waals surface area contributed by atoms with Gasteiger partial charge in [0.15, 0.2) is 0 Å². The summed E-state index contributed by atoms with van der Waals surface area (Å²) in [4.78, 5) is 1.50. The smallest absolute Gasteiger partial charge is 0.00992 e. The maximum Gasteiger partial charge on any atom is 0.00992 e. The highest BCUT2D eigenvalue weighted by Crippen LogP contribution is 2.34. The molecule has 0 aliphatic heterocycles. The Balaban J connectivity index is 1.57. The van der Waals surface area contributed by atoms with Crippen LogP contribution in [-0.4, -0.2) is 12.6 Å². The van der Waals surface area contributed by atoms with Crippen molar-refractivity contribution in [2.24, 2.45) is 5.92 Å². The lowest BCUT2D eigenvalue weighted by Crippen LogP contribution is -2.20. The monoisotopic (exact) mass is 209 g/mol. The molecule has 0 radical (unpaired) electrons. The van der Waals surface area contributed by atoms with Gasteiger partial charge in [0.2, 0.25) is 0 Å². The van der Waals surface area contributed by atoms with E-state index in [0.29, 0.717) is 0 Å². The molecule has 1 fully saturated rings. The van der Waals surface area contributed by atoms with Crippen LogP contribution >= 0.6 is 11.3 Å². The van der Waals surface area contributed by atoms with Crippen molar-refractivity contribution in [2.45, 2.75) is 38.6 Å². The number of nitrogens with one attached hydrogen (secondary N) is 1. The van der Waals surface area contributed by atoms with E-state index in [1.54, 1.807) is 0 Å². The minimum Gasteiger partial charge on any atom is -0.313 e. The molecule has 0 saturated heterocycles. The molecule has 1 N–H and O–H groups in total. The van der Waals surface area contributed by atoms with Gasteiger partial charge < -0.3 is 5.32 Å². The molecule has 0 amide bonds. The highest BCUT2D eigenvalue weighted by Gasteiger charge is 2.34. The second kappa shape index (κ2) is 4.94. The van der Waals surface area contributed by atoms with Gasteiger partial charge in [-0.3, -0.25) is 0 Å². The molecule has 1 aliphatic carbocycles. The summed E-state index contributed by atoms with van der Waals surface area (Å²) in [5, 5.41) is 5.80. The van der Waals surface area contributed by atoms with Crippen molar-refractivity contribution in [1.82, 2.24) is 5.32 Å². The van der Waals surface area contributed by atoms with Gasteiger partial charge >= 0.3 is 0 Å². The first-order valence-corrected chi connectivity index (χ1v) is 6.54. The molecular weight excluding hydrogens is 190 g/mol.